The number of imide groups is 1. The number of hydroxylamine groups is 2. The van der Waals surface area contributed by atoms with Crippen molar-refractivity contribution in [3.8, 4) is 5.75 Å². The Morgan fingerprint density at radius 2 is 1.70 bits per heavy atom. The first-order valence-electron chi connectivity index (χ1n) is 12.1. The number of hydrogen-bond acceptors (Lipinski definition) is 6. The van der Waals surface area contributed by atoms with Crippen molar-refractivity contribution in [2.75, 3.05) is 6.61 Å². The summed E-state index contributed by atoms with van der Waals surface area (Å²) in [5.74, 6) is 0.703. The van der Waals surface area contributed by atoms with Gasteiger partial charge in [-0.15, -0.1) is 5.06 Å². The number of benzene rings is 3. The van der Waals surface area contributed by atoms with E-state index in [2.05, 4.69) is 0 Å². The van der Waals surface area contributed by atoms with Gasteiger partial charge in [-0.05, 0) is 53.6 Å². The van der Waals surface area contributed by atoms with Gasteiger partial charge in [-0.25, -0.2) is 19.3 Å². The fourth-order valence-corrected chi connectivity index (χ4v) is 4.76. The first-order chi connectivity index (χ1) is 18.0. The number of hydrogen-bond donors (Lipinski definition) is 1. The Kier molecular flexibility index (Phi) is 6.93. The van der Waals surface area contributed by atoms with Gasteiger partial charge in [0, 0.05) is 0 Å². The van der Waals surface area contributed by atoms with Gasteiger partial charge in [0.25, 0.3) is 0 Å². The number of rotatable bonds is 6. The third kappa shape index (κ3) is 5.35. The van der Waals surface area contributed by atoms with E-state index < -0.39 is 30.3 Å². The molecule has 0 radical (unpaired) electrons. The number of nitrogens with zero attached hydrogens (tertiary/aromatic N) is 2. The van der Waals surface area contributed by atoms with Crippen molar-refractivity contribution in [2.24, 2.45) is 5.73 Å². The van der Waals surface area contributed by atoms with Crippen LogP contribution in [0.1, 0.15) is 34.7 Å². The first-order valence-corrected chi connectivity index (χ1v) is 12.1. The van der Waals surface area contributed by atoms with Gasteiger partial charge in [0.2, 0.25) is 0 Å². The van der Waals surface area contributed by atoms with Crippen molar-refractivity contribution in [1.29, 1.82) is 0 Å². The quantitative estimate of drug-likeness (QED) is 0.488. The molecule has 5 rings (SSSR count). The Morgan fingerprint density at radius 3 is 2.41 bits per heavy atom. The van der Waals surface area contributed by atoms with Crippen molar-refractivity contribution in [1.82, 2.24) is 9.96 Å². The van der Waals surface area contributed by atoms with Crippen LogP contribution in [0.15, 0.2) is 78.9 Å². The molecule has 1 fully saturated rings. The van der Waals surface area contributed by atoms with Gasteiger partial charge in [0.1, 0.15) is 19.0 Å². The van der Waals surface area contributed by atoms with E-state index in [1.807, 2.05) is 78.9 Å². The zero-order valence-corrected chi connectivity index (χ0v) is 20.1. The SMILES string of the molecule is NC(=O)N(OC(=O)N1C(=O)OC[C@H]1Cc1ccccc1)[C@@H]1CCc2cc(OCc3ccccc3)ccc21. The van der Waals surface area contributed by atoms with Crippen molar-refractivity contribution in [2.45, 2.75) is 38.0 Å². The van der Waals surface area contributed by atoms with E-state index in [0.717, 1.165) is 32.2 Å². The summed E-state index contributed by atoms with van der Waals surface area (Å²) >= 11 is 0. The molecule has 3 aromatic carbocycles. The molecular formula is C28H27N3O6. The monoisotopic (exact) mass is 501 g/mol. The molecule has 1 aliphatic heterocycles. The summed E-state index contributed by atoms with van der Waals surface area (Å²) in [5.41, 5.74) is 9.38. The predicted molar refractivity (Wildman–Crippen MR) is 133 cm³/mol. The minimum atomic E-state index is -1.00. The minimum Gasteiger partial charge on any atom is -0.489 e. The van der Waals surface area contributed by atoms with Gasteiger partial charge in [-0.2, -0.15) is 0 Å². The fourth-order valence-electron chi connectivity index (χ4n) is 4.76. The highest BCUT2D eigenvalue weighted by Crippen LogP contribution is 2.38. The molecule has 9 heteroatoms. The Morgan fingerprint density at radius 1 is 1.00 bits per heavy atom. The summed E-state index contributed by atoms with van der Waals surface area (Å²) in [5, 5.41) is 0.851. The summed E-state index contributed by atoms with van der Waals surface area (Å²) in [6, 6.07) is 22.8. The second-order valence-electron chi connectivity index (χ2n) is 9.00. The molecule has 37 heavy (non-hydrogen) atoms. The Bertz CT molecular complexity index is 1280. The molecule has 2 aliphatic rings. The topological polar surface area (TPSA) is 111 Å². The van der Waals surface area contributed by atoms with E-state index >= 15 is 0 Å². The van der Waals surface area contributed by atoms with Crippen LogP contribution in [0.4, 0.5) is 14.4 Å². The largest absolute Gasteiger partial charge is 0.489 e. The molecule has 0 spiro atoms. The maximum Gasteiger partial charge on any atom is 0.444 e. The lowest BCUT2D eigenvalue weighted by Gasteiger charge is -2.28. The van der Waals surface area contributed by atoms with Gasteiger partial charge in [-0.1, -0.05) is 66.7 Å². The highest BCUT2D eigenvalue weighted by Gasteiger charge is 2.42. The number of primary amides is 1. The second-order valence-corrected chi connectivity index (χ2v) is 9.00. The van der Waals surface area contributed by atoms with Crippen LogP contribution >= 0.6 is 0 Å². The molecule has 1 heterocycles. The number of urea groups is 1. The maximum atomic E-state index is 13.0. The molecule has 4 amide bonds. The van der Waals surface area contributed by atoms with E-state index in [1.165, 1.54) is 0 Å². The molecule has 0 saturated carbocycles. The zero-order chi connectivity index (χ0) is 25.8. The zero-order valence-electron chi connectivity index (χ0n) is 20.1. The summed E-state index contributed by atoms with van der Waals surface area (Å²) in [6.45, 7) is 0.474. The smallest absolute Gasteiger partial charge is 0.444 e. The van der Waals surface area contributed by atoms with Crippen LogP contribution in [0, 0.1) is 0 Å². The number of cyclic esters (lactones) is 1. The Hall–Kier alpha value is -4.53. The standard InChI is InChI=1S/C28H27N3O6/c29-26(32)31(37-28(34)30-22(18-36-27(30)33)15-19-7-3-1-4-8-19)25-14-11-21-16-23(12-13-24(21)25)35-17-20-9-5-2-6-10-20/h1-10,12-13,16,22,25H,11,14-15,17-18H2,(H2,29,32)/t22-,25-/m1/s1. The van der Waals surface area contributed by atoms with E-state index in [9.17, 15) is 14.4 Å². The van der Waals surface area contributed by atoms with Crippen molar-refractivity contribution < 1.29 is 28.7 Å². The van der Waals surface area contributed by atoms with Crippen LogP contribution in [0.2, 0.25) is 0 Å². The van der Waals surface area contributed by atoms with Gasteiger partial charge < -0.3 is 20.0 Å². The van der Waals surface area contributed by atoms with Crippen molar-refractivity contribution in [3.05, 3.63) is 101 Å². The molecule has 2 N–H and O–H groups in total. The molecule has 0 unspecified atom stereocenters. The molecule has 1 aliphatic carbocycles. The number of carbonyl (C=O) groups is 3. The lowest BCUT2D eigenvalue weighted by molar-refractivity contribution is -0.0965. The highest BCUT2D eigenvalue weighted by molar-refractivity contribution is 5.90. The van der Waals surface area contributed by atoms with Crippen LogP contribution in [-0.4, -0.2) is 40.8 Å². The van der Waals surface area contributed by atoms with Gasteiger partial charge in [-0.3, -0.25) is 0 Å². The molecule has 2 atom stereocenters. The maximum absolute atomic E-state index is 13.0. The lowest BCUT2D eigenvalue weighted by Crippen LogP contribution is -2.47. The fraction of sp³-hybridized carbons (Fsp3) is 0.250. The third-order valence-electron chi connectivity index (χ3n) is 6.56. The number of nitrogens with two attached hydrogens (primary N) is 1. The van der Waals surface area contributed by atoms with Crippen molar-refractivity contribution in [3.63, 3.8) is 0 Å². The molecule has 0 bridgehead atoms. The van der Waals surface area contributed by atoms with E-state index in [4.69, 9.17) is 20.0 Å². The second kappa shape index (κ2) is 10.6. The lowest BCUT2D eigenvalue weighted by atomic mass is 10.1. The summed E-state index contributed by atoms with van der Waals surface area (Å²) in [4.78, 5) is 44.1. The van der Waals surface area contributed by atoms with E-state index in [0.29, 0.717) is 31.6 Å². The molecule has 1 saturated heterocycles. The molecule has 3 aromatic rings. The molecular weight excluding hydrogens is 474 g/mol. The third-order valence-corrected chi connectivity index (χ3v) is 6.56. The van der Waals surface area contributed by atoms with Crippen LogP contribution in [0.3, 0.4) is 0 Å². The summed E-state index contributed by atoms with van der Waals surface area (Å²) in [7, 11) is 0. The van der Waals surface area contributed by atoms with Gasteiger partial charge in [0.05, 0.1) is 12.1 Å². The van der Waals surface area contributed by atoms with Crippen molar-refractivity contribution >= 4 is 18.2 Å². The predicted octanol–water partition coefficient (Wildman–Crippen LogP) is 4.75. The number of carbonyl (C=O) groups excluding carboxylic acids is 3. The average molecular weight is 502 g/mol. The van der Waals surface area contributed by atoms with Crippen LogP contribution in [0.5, 0.6) is 5.75 Å². The van der Waals surface area contributed by atoms with Crippen LogP contribution in [0.25, 0.3) is 0 Å². The summed E-state index contributed by atoms with van der Waals surface area (Å²) in [6.07, 6.45) is -0.269. The highest BCUT2D eigenvalue weighted by atomic mass is 16.7. The Labute approximate surface area is 214 Å². The molecule has 9 nitrogen and oxygen atoms in total. The van der Waals surface area contributed by atoms with E-state index in [1.54, 1.807) is 0 Å². The number of aryl methyl sites for hydroxylation is 1. The van der Waals surface area contributed by atoms with E-state index in [-0.39, 0.29) is 6.61 Å². The van der Waals surface area contributed by atoms with Gasteiger partial charge >= 0.3 is 18.2 Å². The van der Waals surface area contributed by atoms with Gasteiger partial charge in [0.15, 0.2) is 0 Å². The molecule has 0 aromatic heterocycles. The number of fused-ring (bicyclic) bond motifs is 1. The number of amides is 4. The minimum absolute atomic E-state index is 0.0391. The first kappa shape index (κ1) is 24.2. The average Bonchev–Trinajstić information content (AvgIpc) is 3.49. The normalized spacial score (nSPS) is 18.2. The Balaban J connectivity index is 1.27. The summed E-state index contributed by atoms with van der Waals surface area (Å²) < 4.78 is 11.0. The molecule has 190 valence electrons. The van der Waals surface area contributed by atoms with Crippen LogP contribution in [-0.2, 0) is 29.0 Å². The van der Waals surface area contributed by atoms with Crippen LogP contribution < -0.4 is 10.5 Å². The number of ether oxygens (including phenoxy) is 2.